The molecule has 6 heteroatoms. The van der Waals surface area contributed by atoms with Crippen molar-refractivity contribution >= 4 is 22.4 Å². The van der Waals surface area contributed by atoms with Gasteiger partial charge in [-0.1, -0.05) is 18.2 Å². The molecular weight excluding hydrogens is 276 g/mol. The molecule has 2 aromatic rings. The van der Waals surface area contributed by atoms with E-state index in [0.717, 1.165) is 27.0 Å². The predicted molar refractivity (Wildman–Crippen MR) is 78.5 cm³/mol. The highest BCUT2D eigenvalue weighted by molar-refractivity contribution is 7.15. The number of anilines is 1. The number of nitrogens with one attached hydrogen (secondary N) is 1. The Balaban J connectivity index is 2.05. The van der Waals surface area contributed by atoms with Gasteiger partial charge < -0.3 is 15.2 Å². The molecule has 20 heavy (non-hydrogen) atoms. The third-order valence-electron chi connectivity index (χ3n) is 2.83. The number of carbonyl (C=O) groups is 1. The minimum Gasteiger partial charge on any atom is -0.496 e. The van der Waals surface area contributed by atoms with E-state index >= 15 is 0 Å². The number of benzene rings is 1. The van der Waals surface area contributed by atoms with Crippen molar-refractivity contribution in [2.24, 2.45) is 0 Å². The summed E-state index contributed by atoms with van der Waals surface area (Å²) >= 11 is 1.38. The van der Waals surface area contributed by atoms with Gasteiger partial charge in [-0.05, 0) is 13.0 Å². The summed E-state index contributed by atoms with van der Waals surface area (Å²) in [5, 5.41) is 12.7. The van der Waals surface area contributed by atoms with Crippen LogP contribution < -0.4 is 10.1 Å². The normalized spacial score (nSPS) is 10.3. The summed E-state index contributed by atoms with van der Waals surface area (Å²) in [5.41, 5.74) is 1.79. The van der Waals surface area contributed by atoms with Crippen LogP contribution in [0.3, 0.4) is 0 Å². The summed E-state index contributed by atoms with van der Waals surface area (Å²) < 4.78 is 5.28. The molecule has 1 aromatic carbocycles. The molecule has 0 unspecified atom stereocenters. The van der Waals surface area contributed by atoms with Crippen LogP contribution in [0, 0.1) is 6.92 Å². The van der Waals surface area contributed by atoms with E-state index in [-0.39, 0.29) is 6.42 Å². The standard InChI is InChI=1S/C14H16N2O3S/c1-9-12(7-13(17)18)20-14(16-9)15-8-10-5-3-4-6-11(10)19-2/h3-6H,7-8H2,1-2H3,(H,15,16)(H,17,18). The molecule has 0 saturated heterocycles. The fourth-order valence-electron chi connectivity index (χ4n) is 1.82. The van der Waals surface area contributed by atoms with Crippen molar-refractivity contribution in [3.05, 3.63) is 40.4 Å². The Hall–Kier alpha value is -2.08. The van der Waals surface area contributed by atoms with Crippen LogP contribution in [-0.4, -0.2) is 23.2 Å². The van der Waals surface area contributed by atoms with Gasteiger partial charge in [0.15, 0.2) is 5.13 Å². The number of ether oxygens (including phenoxy) is 1. The molecule has 0 spiro atoms. The second-order valence-corrected chi connectivity index (χ2v) is 5.35. The highest BCUT2D eigenvalue weighted by Gasteiger charge is 2.11. The number of rotatable bonds is 6. The van der Waals surface area contributed by atoms with Crippen molar-refractivity contribution in [1.82, 2.24) is 4.98 Å². The molecule has 5 nitrogen and oxygen atoms in total. The van der Waals surface area contributed by atoms with Crippen molar-refractivity contribution in [3.8, 4) is 5.75 Å². The molecule has 1 heterocycles. The quantitative estimate of drug-likeness (QED) is 0.856. The molecule has 0 amide bonds. The molecule has 0 radical (unpaired) electrons. The van der Waals surface area contributed by atoms with E-state index in [4.69, 9.17) is 9.84 Å². The lowest BCUT2D eigenvalue weighted by Crippen LogP contribution is -2.01. The smallest absolute Gasteiger partial charge is 0.308 e. The Kier molecular flexibility index (Phi) is 4.57. The molecule has 0 saturated carbocycles. The molecule has 0 bridgehead atoms. The lowest BCUT2D eigenvalue weighted by molar-refractivity contribution is -0.136. The Morgan fingerprint density at radius 3 is 2.90 bits per heavy atom. The van der Waals surface area contributed by atoms with E-state index in [1.165, 1.54) is 11.3 Å². The van der Waals surface area contributed by atoms with Gasteiger partial charge in [-0.25, -0.2) is 4.98 Å². The molecule has 0 atom stereocenters. The molecule has 106 valence electrons. The number of methoxy groups -OCH3 is 1. The van der Waals surface area contributed by atoms with Gasteiger partial charge in [0.25, 0.3) is 0 Å². The maximum atomic E-state index is 10.7. The van der Waals surface area contributed by atoms with Gasteiger partial charge in [0, 0.05) is 17.0 Å². The summed E-state index contributed by atoms with van der Waals surface area (Å²) in [7, 11) is 1.64. The van der Waals surface area contributed by atoms with Crippen molar-refractivity contribution in [2.75, 3.05) is 12.4 Å². The van der Waals surface area contributed by atoms with Crippen molar-refractivity contribution in [1.29, 1.82) is 0 Å². The van der Waals surface area contributed by atoms with Crippen LogP contribution in [0.2, 0.25) is 0 Å². The molecule has 2 rings (SSSR count). The molecule has 0 aliphatic rings. The van der Waals surface area contributed by atoms with Gasteiger partial charge in [-0.2, -0.15) is 0 Å². The second-order valence-electron chi connectivity index (χ2n) is 4.26. The minimum absolute atomic E-state index is 0.0137. The summed E-state index contributed by atoms with van der Waals surface area (Å²) in [4.78, 5) is 15.9. The van der Waals surface area contributed by atoms with Crippen LogP contribution in [0.4, 0.5) is 5.13 Å². The number of aromatic nitrogens is 1. The van der Waals surface area contributed by atoms with Crippen LogP contribution >= 0.6 is 11.3 Å². The maximum absolute atomic E-state index is 10.7. The monoisotopic (exact) mass is 292 g/mol. The van der Waals surface area contributed by atoms with E-state index in [1.807, 2.05) is 31.2 Å². The predicted octanol–water partition coefficient (Wildman–Crippen LogP) is 2.70. The van der Waals surface area contributed by atoms with Gasteiger partial charge >= 0.3 is 5.97 Å². The number of hydrogen-bond donors (Lipinski definition) is 2. The van der Waals surface area contributed by atoms with Crippen LogP contribution in [0.1, 0.15) is 16.1 Å². The number of para-hydroxylation sites is 1. The summed E-state index contributed by atoms with van der Waals surface area (Å²) in [6, 6.07) is 7.74. The fourth-order valence-corrected chi connectivity index (χ4v) is 2.77. The zero-order chi connectivity index (χ0) is 14.5. The van der Waals surface area contributed by atoms with E-state index in [2.05, 4.69) is 10.3 Å². The van der Waals surface area contributed by atoms with Crippen molar-refractivity contribution in [2.45, 2.75) is 19.9 Å². The topological polar surface area (TPSA) is 71.5 Å². The highest BCUT2D eigenvalue weighted by atomic mass is 32.1. The van der Waals surface area contributed by atoms with E-state index < -0.39 is 5.97 Å². The molecule has 0 fully saturated rings. The first-order valence-corrected chi connectivity index (χ1v) is 6.95. The summed E-state index contributed by atoms with van der Waals surface area (Å²) in [5.74, 6) is -0.0212. The third kappa shape index (κ3) is 3.48. The number of carboxylic acid groups (broad SMARTS) is 1. The summed E-state index contributed by atoms with van der Waals surface area (Å²) in [6.45, 7) is 2.41. The lowest BCUT2D eigenvalue weighted by Gasteiger charge is -2.08. The SMILES string of the molecule is COc1ccccc1CNc1nc(C)c(CC(=O)O)s1. The first-order valence-electron chi connectivity index (χ1n) is 6.14. The van der Waals surface area contributed by atoms with Crippen molar-refractivity contribution < 1.29 is 14.6 Å². The van der Waals surface area contributed by atoms with Crippen LogP contribution in [-0.2, 0) is 17.8 Å². The van der Waals surface area contributed by atoms with Gasteiger partial charge in [0.2, 0.25) is 0 Å². The van der Waals surface area contributed by atoms with Crippen LogP contribution in [0.25, 0.3) is 0 Å². The van der Waals surface area contributed by atoms with E-state index in [1.54, 1.807) is 7.11 Å². The number of hydrogen-bond acceptors (Lipinski definition) is 5. The zero-order valence-corrected chi connectivity index (χ0v) is 12.2. The second kappa shape index (κ2) is 6.38. The third-order valence-corrected chi connectivity index (χ3v) is 3.94. The van der Waals surface area contributed by atoms with Crippen LogP contribution in [0.5, 0.6) is 5.75 Å². The fraction of sp³-hybridized carbons (Fsp3) is 0.286. The van der Waals surface area contributed by atoms with Gasteiger partial charge in [0.05, 0.1) is 19.2 Å². The van der Waals surface area contributed by atoms with Gasteiger partial charge in [-0.15, -0.1) is 11.3 Å². The van der Waals surface area contributed by atoms with Crippen molar-refractivity contribution in [3.63, 3.8) is 0 Å². The number of aryl methyl sites for hydroxylation is 1. The maximum Gasteiger partial charge on any atom is 0.308 e. The molecule has 2 N–H and O–H groups in total. The molecule has 0 aliphatic carbocycles. The highest BCUT2D eigenvalue weighted by Crippen LogP contribution is 2.25. The number of carboxylic acids is 1. The Bertz CT molecular complexity index is 610. The molecule has 0 aliphatic heterocycles. The molecular formula is C14H16N2O3S. The average Bonchev–Trinajstić information content (AvgIpc) is 2.76. The van der Waals surface area contributed by atoms with Gasteiger partial charge in [-0.3, -0.25) is 4.79 Å². The number of aliphatic carboxylic acids is 1. The van der Waals surface area contributed by atoms with Gasteiger partial charge in [0.1, 0.15) is 5.75 Å². The van der Waals surface area contributed by atoms with E-state index in [0.29, 0.717) is 6.54 Å². The average molecular weight is 292 g/mol. The van der Waals surface area contributed by atoms with Crippen LogP contribution in [0.15, 0.2) is 24.3 Å². The largest absolute Gasteiger partial charge is 0.496 e. The number of nitrogens with zero attached hydrogens (tertiary/aromatic N) is 1. The lowest BCUT2D eigenvalue weighted by atomic mass is 10.2. The van der Waals surface area contributed by atoms with E-state index in [9.17, 15) is 4.79 Å². The Labute approximate surface area is 121 Å². The zero-order valence-electron chi connectivity index (χ0n) is 11.3. The first kappa shape index (κ1) is 14.3. The minimum atomic E-state index is -0.840. The molecule has 1 aromatic heterocycles. The number of thiazole rings is 1. The Morgan fingerprint density at radius 2 is 2.20 bits per heavy atom. The first-order chi connectivity index (χ1) is 9.60. The summed E-state index contributed by atoms with van der Waals surface area (Å²) in [6.07, 6.45) is 0.0137. The Morgan fingerprint density at radius 1 is 1.45 bits per heavy atom.